The second-order valence-electron chi connectivity index (χ2n) is 5.49. The Kier molecular flexibility index (Phi) is 4.63. The Morgan fingerprint density at radius 2 is 2.12 bits per heavy atom. The zero-order chi connectivity index (χ0) is 12.3. The average Bonchev–Trinajstić information content (AvgIpc) is 2.32. The first-order valence-electron chi connectivity index (χ1n) is 6.66. The number of rotatable bonds is 3. The van der Waals surface area contributed by atoms with Crippen LogP contribution in [0.4, 0.5) is 0 Å². The molecule has 3 unspecified atom stereocenters. The van der Waals surface area contributed by atoms with Crippen molar-refractivity contribution in [2.24, 2.45) is 17.6 Å². The van der Waals surface area contributed by atoms with E-state index in [0.717, 1.165) is 12.3 Å². The summed E-state index contributed by atoms with van der Waals surface area (Å²) in [6.07, 6.45) is 6.37. The molecule has 1 aliphatic carbocycles. The van der Waals surface area contributed by atoms with Crippen LogP contribution in [-0.4, -0.2) is 6.04 Å². The van der Waals surface area contributed by atoms with Gasteiger partial charge < -0.3 is 5.73 Å². The highest BCUT2D eigenvalue weighted by Gasteiger charge is 2.24. The minimum atomic E-state index is 0.316. The lowest BCUT2D eigenvalue weighted by molar-refractivity contribution is 0.245. The monoisotopic (exact) mass is 295 g/mol. The molecule has 2 N–H and O–H groups in total. The highest BCUT2D eigenvalue weighted by Crippen LogP contribution is 2.31. The van der Waals surface area contributed by atoms with Crippen LogP contribution in [0.5, 0.6) is 0 Å². The topological polar surface area (TPSA) is 26.0 Å². The second-order valence-corrected chi connectivity index (χ2v) is 6.35. The summed E-state index contributed by atoms with van der Waals surface area (Å²) in [5.41, 5.74) is 7.74. The lowest BCUT2D eigenvalue weighted by atomic mass is 9.77. The van der Waals surface area contributed by atoms with E-state index in [1.54, 1.807) is 0 Å². The van der Waals surface area contributed by atoms with Crippen LogP contribution < -0.4 is 5.73 Å². The highest BCUT2D eigenvalue weighted by molar-refractivity contribution is 9.10. The normalized spacial score (nSPS) is 26.8. The summed E-state index contributed by atoms with van der Waals surface area (Å²) < 4.78 is 1.19. The van der Waals surface area contributed by atoms with Crippen molar-refractivity contribution >= 4 is 15.9 Å². The van der Waals surface area contributed by atoms with Gasteiger partial charge in [-0.3, -0.25) is 0 Å². The van der Waals surface area contributed by atoms with E-state index < -0.39 is 0 Å². The van der Waals surface area contributed by atoms with E-state index in [1.165, 1.54) is 35.7 Å². The Balaban J connectivity index is 1.96. The Bertz CT molecular complexity index is 364. The summed E-state index contributed by atoms with van der Waals surface area (Å²) in [5, 5.41) is 0. The van der Waals surface area contributed by atoms with Crippen molar-refractivity contribution in [2.75, 3.05) is 0 Å². The van der Waals surface area contributed by atoms with E-state index in [0.29, 0.717) is 12.0 Å². The fraction of sp³-hybridized carbons (Fsp3) is 0.600. The molecule has 1 saturated carbocycles. The van der Waals surface area contributed by atoms with E-state index in [-0.39, 0.29) is 0 Å². The van der Waals surface area contributed by atoms with Gasteiger partial charge >= 0.3 is 0 Å². The van der Waals surface area contributed by atoms with Crippen LogP contribution in [0.15, 0.2) is 28.7 Å². The minimum absolute atomic E-state index is 0.316. The van der Waals surface area contributed by atoms with Gasteiger partial charge in [0.2, 0.25) is 0 Å². The molecule has 17 heavy (non-hydrogen) atoms. The first kappa shape index (κ1) is 13.1. The molecule has 2 heteroatoms. The molecule has 94 valence electrons. The zero-order valence-corrected chi connectivity index (χ0v) is 12.1. The van der Waals surface area contributed by atoms with Gasteiger partial charge in [-0.15, -0.1) is 0 Å². The quantitative estimate of drug-likeness (QED) is 0.891. The molecule has 0 aliphatic heterocycles. The zero-order valence-electron chi connectivity index (χ0n) is 10.5. The van der Waals surface area contributed by atoms with Gasteiger partial charge in [-0.25, -0.2) is 0 Å². The maximum Gasteiger partial charge on any atom is 0.0207 e. The van der Waals surface area contributed by atoms with Gasteiger partial charge in [0.15, 0.2) is 0 Å². The van der Waals surface area contributed by atoms with E-state index in [4.69, 9.17) is 5.73 Å². The molecule has 1 aliphatic rings. The summed E-state index contributed by atoms with van der Waals surface area (Å²) in [6.45, 7) is 2.36. The predicted octanol–water partition coefficient (Wildman–Crippen LogP) is 4.15. The van der Waals surface area contributed by atoms with Crippen molar-refractivity contribution in [3.63, 3.8) is 0 Å². The molecule has 3 atom stereocenters. The summed E-state index contributed by atoms with van der Waals surface area (Å²) in [5.74, 6) is 1.57. The molecule has 0 spiro atoms. The predicted molar refractivity (Wildman–Crippen MR) is 76.9 cm³/mol. The Hall–Kier alpha value is -0.340. The summed E-state index contributed by atoms with van der Waals surface area (Å²) >= 11 is 3.61. The molecule has 0 aromatic heterocycles. The highest BCUT2D eigenvalue weighted by atomic mass is 79.9. The standard InChI is InChI=1S/C15H22BrN/c1-11-5-4-7-13(9-11)15(17)10-12-6-2-3-8-14(12)16/h2-3,6,8,11,13,15H,4-5,7,9-10,17H2,1H3. The molecule has 1 nitrogen and oxygen atoms in total. The van der Waals surface area contributed by atoms with Crippen molar-refractivity contribution in [1.29, 1.82) is 0 Å². The molecular weight excluding hydrogens is 274 g/mol. The molecule has 1 fully saturated rings. The third kappa shape index (κ3) is 3.56. The van der Waals surface area contributed by atoms with Gasteiger partial charge in [-0.2, -0.15) is 0 Å². The molecule has 1 aromatic rings. The second kappa shape index (κ2) is 6.01. The van der Waals surface area contributed by atoms with Crippen molar-refractivity contribution in [1.82, 2.24) is 0 Å². The average molecular weight is 296 g/mol. The Labute approximate surface area is 113 Å². The van der Waals surface area contributed by atoms with E-state index in [9.17, 15) is 0 Å². The van der Waals surface area contributed by atoms with Crippen molar-refractivity contribution in [3.05, 3.63) is 34.3 Å². The SMILES string of the molecule is CC1CCCC(C(N)Cc2ccccc2Br)C1. The number of halogens is 1. The Morgan fingerprint density at radius 3 is 2.82 bits per heavy atom. The summed E-state index contributed by atoms with van der Waals surface area (Å²) in [4.78, 5) is 0. The lowest BCUT2D eigenvalue weighted by Crippen LogP contribution is -2.35. The fourth-order valence-corrected chi connectivity index (χ4v) is 3.40. The van der Waals surface area contributed by atoms with Gasteiger partial charge in [0.25, 0.3) is 0 Å². The van der Waals surface area contributed by atoms with E-state index in [1.807, 2.05) is 0 Å². The third-order valence-corrected chi connectivity index (χ3v) is 4.77. The molecule has 0 radical (unpaired) electrons. The summed E-state index contributed by atoms with van der Waals surface area (Å²) in [7, 11) is 0. The fourth-order valence-electron chi connectivity index (χ4n) is 2.95. The summed E-state index contributed by atoms with van der Waals surface area (Å²) in [6, 6.07) is 8.75. The van der Waals surface area contributed by atoms with Crippen LogP contribution in [0, 0.1) is 11.8 Å². The smallest absolute Gasteiger partial charge is 0.0207 e. The largest absolute Gasteiger partial charge is 0.327 e. The molecule has 0 heterocycles. The van der Waals surface area contributed by atoms with Gasteiger partial charge in [-0.05, 0) is 42.7 Å². The van der Waals surface area contributed by atoms with E-state index in [2.05, 4.69) is 47.1 Å². The molecule has 0 amide bonds. The molecule has 2 rings (SSSR count). The van der Waals surface area contributed by atoms with Gasteiger partial charge in [0, 0.05) is 10.5 Å². The number of nitrogens with two attached hydrogens (primary N) is 1. The van der Waals surface area contributed by atoms with Gasteiger partial charge in [-0.1, -0.05) is 53.9 Å². The number of hydrogen-bond donors (Lipinski definition) is 1. The molecule has 1 aromatic carbocycles. The molecule has 0 saturated heterocycles. The Morgan fingerprint density at radius 1 is 1.35 bits per heavy atom. The van der Waals surface area contributed by atoms with Crippen LogP contribution >= 0.6 is 15.9 Å². The maximum atomic E-state index is 6.39. The van der Waals surface area contributed by atoms with Crippen LogP contribution in [-0.2, 0) is 6.42 Å². The van der Waals surface area contributed by atoms with Crippen LogP contribution in [0.2, 0.25) is 0 Å². The van der Waals surface area contributed by atoms with E-state index >= 15 is 0 Å². The van der Waals surface area contributed by atoms with Crippen molar-refractivity contribution < 1.29 is 0 Å². The van der Waals surface area contributed by atoms with Gasteiger partial charge in [0.05, 0.1) is 0 Å². The first-order chi connectivity index (χ1) is 8.16. The maximum absolute atomic E-state index is 6.39. The third-order valence-electron chi connectivity index (χ3n) is 4.00. The number of hydrogen-bond acceptors (Lipinski definition) is 1. The van der Waals surface area contributed by atoms with Crippen LogP contribution in [0.1, 0.15) is 38.2 Å². The van der Waals surface area contributed by atoms with Crippen molar-refractivity contribution in [2.45, 2.75) is 45.1 Å². The first-order valence-corrected chi connectivity index (χ1v) is 7.45. The lowest BCUT2D eigenvalue weighted by Gasteiger charge is -2.31. The number of benzene rings is 1. The molecular formula is C15H22BrN. The molecule has 0 bridgehead atoms. The van der Waals surface area contributed by atoms with Gasteiger partial charge in [0.1, 0.15) is 0 Å². The van der Waals surface area contributed by atoms with Crippen LogP contribution in [0.25, 0.3) is 0 Å². The van der Waals surface area contributed by atoms with Crippen LogP contribution in [0.3, 0.4) is 0 Å². The minimum Gasteiger partial charge on any atom is -0.327 e. The van der Waals surface area contributed by atoms with Crippen molar-refractivity contribution in [3.8, 4) is 0 Å².